The van der Waals surface area contributed by atoms with Crippen molar-refractivity contribution >= 4 is 5.91 Å². The van der Waals surface area contributed by atoms with E-state index in [4.69, 9.17) is 5.26 Å². The lowest BCUT2D eigenvalue weighted by molar-refractivity contribution is -0.127. The van der Waals surface area contributed by atoms with Crippen LogP contribution in [0.4, 0.5) is 0 Å². The number of carbonyl (C=O) groups is 1. The molecule has 0 unspecified atom stereocenters. The maximum Gasteiger partial charge on any atom is 0.239 e. The van der Waals surface area contributed by atoms with Gasteiger partial charge in [0.25, 0.3) is 0 Å². The van der Waals surface area contributed by atoms with Gasteiger partial charge >= 0.3 is 0 Å². The van der Waals surface area contributed by atoms with Crippen LogP contribution in [0.15, 0.2) is 0 Å². The standard InChI is InChI=1S/C17H26N2O/c1-16(2,11-18)15(20)19-4-3-17-8-12-5-13(9-17)7-14(6-12)10-17/h12-14H,3-10H2,1-2H3,(H,19,20). The van der Waals surface area contributed by atoms with Crippen molar-refractivity contribution < 1.29 is 4.79 Å². The van der Waals surface area contributed by atoms with Crippen LogP contribution in [-0.4, -0.2) is 12.5 Å². The SMILES string of the molecule is CC(C)(C#N)C(=O)NCCC12CC3CC(CC(C3)C1)C2. The molecule has 0 aromatic rings. The van der Waals surface area contributed by atoms with Crippen LogP contribution in [0.3, 0.4) is 0 Å². The van der Waals surface area contributed by atoms with E-state index in [2.05, 4.69) is 11.4 Å². The summed E-state index contributed by atoms with van der Waals surface area (Å²) in [6.45, 7) is 4.12. The van der Waals surface area contributed by atoms with Gasteiger partial charge in [0.2, 0.25) is 5.91 Å². The zero-order valence-electron chi connectivity index (χ0n) is 12.7. The van der Waals surface area contributed by atoms with E-state index in [1.807, 2.05) is 0 Å². The molecule has 1 amide bonds. The highest BCUT2D eigenvalue weighted by molar-refractivity contribution is 5.84. The van der Waals surface area contributed by atoms with E-state index in [0.29, 0.717) is 5.41 Å². The summed E-state index contributed by atoms with van der Waals surface area (Å²) in [5.74, 6) is 2.78. The average Bonchev–Trinajstić information content (AvgIpc) is 2.36. The molecule has 0 saturated heterocycles. The third kappa shape index (κ3) is 2.45. The van der Waals surface area contributed by atoms with Crippen molar-refractivity contribution in [2.75, 3.05) is 6.54 Å². The quantitative estimate of drug-likeness (QED) is 0.855. The van der Waals surface area contributed by atoms with Crippen molar-refractivity contribution in [3.8, 4) is 6.07 Å². The maximum absolute atomic E-state index is 11.9. The van der Waals surface area contributed by atoms with Crippen LogP contribution < -0.4 is 5.32 Å². The Kier molecular flexibility index (Phi) is 3.31. The number of hydrogen-bond donors (Lipinski definition) is 1. The first-order valence-electron chi connectivity index (χ1n) is 8.12. The smallest absolute Gasteiger partial charge is 0.239 e. The zero-order valence-corrected chi connectivity index (χ0v) is 12.7. The Morgan fingerprint density at radius 3 is 2.15 bits per heavy atom. The number of rotatable bonds is 4. The second kappa shape index (κ2) is 4.76. The third-order valence-corrected chi connectivity index (χ3v) is 5.95. The molecule has 3 heteroatoms. The Morgan fingerprint density at radius 2 is 1.70 bits per heavy atom. The van der Waals surface area contributed by atoms with Gasteiger partial charge in [-0.05, 0) is 82.0 Å². The predicted molar refractivity (Wildman–Crippen MR) is 77.6 cm³/mol. The normalized spacial score (nSPS) is 38.5. The van der Waals surface area contributed by atoms with E-state index in [9.17, 15) is 4.79 Å². The summed E-state index contributed by atoms with van der Waals surface area (Å²) in [4.78, 5) is 11.9. The second-order valence-corrected chi connectivity index (χ2v) is 8.16. The molecule has 0 heterocycles. The number of nitrogens with one attached hydrogen (secondary N) is 1. The van der Waals surface area contributed by atoms with Crippen LogP contribution in [-0.2, 0) is 4.79 Å². The fourth-order valence-corrected chi connectivity index (χ4v) is 5.31. The average molecular weight is 274 g/mol. The molecule has 4 saturated carbocycles. The predicted octanol–water partition coefficient (Wildman–Crippen LogP) is 3.26. The monoisotopic (exact) mass is 274 g/mol. The first-order valence-corrected chi connectivity index (χ1v) is 8.12. The van der Waals surface area contributed by atoms with Crippen LogP contribution >= 0.6 is 0 Å². The minimum atomic E-state index is -0.901. The minimum Gasteiger partial charge on any atom is -0.355 e. The van der Waals surface area contributed by atoms with Crippen molar-refractivity contribution in [3.63, 3.8) is 0 Å². The fourth-order valence-electron chi connectivity index (χ4n) is 5.31. The molecule has 0 radical (unpaired) electrons. The number of hydrogen-bond acceptors (Lipinski definition) is 2. The molecule has 0 aromatic heterocycles. The summed E-state index contributed by atoms with van der Waals surface area (Å²) in [6.07, 6.45) is 9.67. The van der Waals surface area contributed by atoms with Crippen molar-refractivity contribution in [1.82, 2.24) is 5.32 Å². The van der Waals surface area contributed by atoms with Gasteiger partial charge in [-0.25, -0.2) is 0 Å². The molecule has 4 aliphatic carbocycles. The lowest BCUT2D eigenvalue weighted by atomic mass is 9.49. The summed E-state index contributed by atoms with van der Waals surface area (Å²) in [6, 6.07) is 2.07. The molecule has 4 fully saturated rings. The third-order valence-electron chi connectivity index (χ3n) is 5.95. The van der Waals surface area contributed by atoms with E-state index >= 15 is 0 Å². The molecule has 4 bridgehead atoms. The van der Waals surface area contributed by atoms with E-state index in [0.717, 1.165) is 30.7 Å². The molecule has 4 aliphatic rings. The molecule has 4 rings (SSSR count). The van der Waals surface area contributed by atoms with Gasteiger partial charge in [-0.2, -0.15) is 5.26 Å². The summed E-state index contributed by atoms with van der Waals surface area (Å²) in [5, 5.41) is 12.0. The van der Waals surface area contributed by atoms with E-state index in [1.54, 1.807) is 13.8 Å². The molecular formula is C17H26N2O. The summed E-state index contributed by atoms with van der Waals surface area (Å²) >= 11 is 0. The highest BCUT2D eigenvalue weighted by atomic mass is 16.2. The molecule has 0 aliphatic heterocycles. The number of nitriles is 1. The molecule has 110 valence electrons. The van der Waals surface area contributed by atoms with Gasteiger partial charge in [-0.1, -0.05) is 0 Å². The number of carbonyl (C=O) groups excluding carboxylic acids is 1. The second-order valence-electron chi connectivity index (χ2n) is 8.16. The zero-order chi connectivity index (χ0) is 14.4. The summed E-state index contributed by atoms with van der Waals surface area (Å²) in [5.41, 5.74) is -0.389. The van der Waals surface area contributed by atoms with Gasteiger partial charge in [-0.15, -0.1) is 0 Å². The van der Waals surface area contributed by atoms with E-state index in [1.165, 1.54) is 38.5 Å². The molecule has 0 aromatic carbocycles. The van der Waals surface area contributed by atoms with Crippen LogP contribution in [0.25, 0.3) is 0 Å². The van der Waals surface area contributed by atoms with Gasteiger partial charge in [0.1, 0.15) is 5.41 Å². The van der Waals surface area contributed by atoms with Crippen molar-refractivity contribution in [3.05, 3.63) is 0 Å². The molecule has 0 spiro atoms. The minimum absolute atomic E-state index is 0.121. The van der Waals surface area contributed by atoms with Crippen LogP contribution in [0.5, 0.6) is 0 Å². The van der Waals surface area contributed by atoms with E-state index in [-0.39, 0.29) is 5.91 Å². The molecule has 20 heavy (non-hydrogen) atoms. The topological polar surface area (TPSA) is 52.9 Å². The number of amides is 1. The Bertz CT molecular complexity index is 411. The Balaban J connectivity index is 1.54. The highest BCUT2D eigenvalue weighted by Gasteiger charge is 2.50. The van der Waals surface area contributed by atoms with Crippen molar-refractivity contribution in [2.24, 2.45) is 28.6 Å². The molecule has 3 nitrogen and oxygen atoms in total. The van der Waals surface area contributed by atoms with E-state index < -0.39 is 5.41 Å². The lowest BCUT2D eigenvalue weighted by Gasteiger charge is -2.57. The van der Waals surface area contributed by atoms with Crippen molar-refractivity contribution in [2.45, 2.75) is 58.8 Å². The fraction of sp³-hybridized carbons (Fsp3) is 0.882. The lowest BCUT2D eigenvalue weighted by Crippen LogP contribution is -2.47. The molecule has 1 N–H and O–H groups in total. The number of nitrogens with zero attached hydrogens (tertiary/aromatic N) is 1. The van der Waals surface area contributed by atoms with Crippen molar-refractivity contribution in [1.29, 1.82) is 5.26 Å². The molecular weight excluding hydrogens is 248 g/mol. The molecule has 0 atom stereocenters. The summed E-state index contributed by atoms with van der Waals surface area (Å²) in [7, 11) is 0. The summed E-state index contributed by atoms with van der Waals surface area (Å²) < 4.78 is 0. The first kappa shape index (κ1) is 13.9. The van der Waals surface area contributed by atoms with Gasteiger partial charge < -0.3 is 5.32 Å². The highest BCUT2D eigenvalue weighted by Crippen LogP contribution is 2.61. The van der Waals surface area contributed by atoms with Gasteiger partial charge in [-0.3, -0.25) is 4.79 Å². The largest absolute Gasteiger partial charge is 0.355 e. The van der Waals surface area contributed by atoms with Crippen LogP contribution in [0.2, 0.25) is 0 Å². The van der Waals surface area contributed by atoms with Crippen LogP contribution in [0.1, 0.15) is 58.8 Å². The Labute approximate surface area is 122 Å². The maximum atomic E-state index is 11.9. The Hall–Kier alpha value is -1.04. The van der Waals surface area contributed by atoms with Gasteiger partial charge in [0.15, 0.2) is 0 Å². The Morgan fingerprint density at radius 1 is 1.20 bits per heavy atom. The first-order chi connectivity index (χ1) is 9.42. The van der Waals surface area contributed by atoms with Gasteiger partial charge in [0.05, 0.1) is 6.07 Å². The van der Waals surface area contributed by atoms with Gasteiger partial charge in [0, 0.05) is 6.54 Å². The van der Waals surface area contributed by atoms with Crippen LogP contribution in [0, 0.1) is 39.9 Å².